The molecule has 1 rings (SSSR count). The number of hydrogen-bond donors (Lipinski definition) is 2. The molecule has 0 aliphatic carbocycles. The predicted octanol–water partition coefficient (Wildman–Crippen LogP) is 0.269. The average molecular weight is 266 g/mol. The number of aromatic nitrogens is 2. The van der Waals surface area contributed by atoms with Gasteiger partial charge in [-0.3, -0.25) is 4.57 Å². The lowest BCUT2D eigenvalue weighted by atomic mass is 10.1. The first-order valence-electron chi connectivity index (χ1n) is 5.97. The molecule has 1 heterocycles. The fraction of sp³-hybridized carbons (Fsp3) is 0.462. The van der Waals surface area contributed by atoms with Gasteiger partial charge in [-0.2, -0.15) is 4.98 Å². The smallest absolute Gasteiger partial charge is 0.351 e. The molecule has 0 amide bonds. The minimum Gasteiger partial charge on any atom is -0.478 e. The van der Waals surface area contributed by atoms with E-state index < -0.39 is 11.7 Å². The molecular weight excluding hydrogens is 248 g/mol. The van der Waals surface area contributed by atoms with Crippen molar-refractivity contribution in [1.29, 1.82) is 0 Å². The van der Waals surface area contributed by atoms with Crippen molar-refractivity contribution in [1.82, 2.24) is 9.55 Å². The van der Waals surface area contributed by atoms with Gasteiger partial charge >= 0.3 is 5.69 Å². The summed E-state index contributed by atoms with van der Waals surface area (Å²) in [6.45, 7) is 5.21. The lowest BCUT2D eigenvalue weighted by molar-refractivity contribution is 0.216. The molecule has 1 atom stereocenters. The summed E-state index contributed by atoms with van der Waals surface area (Å²) < 4.78 is 6.43. The van der Waals surface area contributed by atoms with E-state index in [2.05, 4.69) is 17.3 Å². The van der Waals surface area contributed by atoms with Gasteiger partial charge in [0.05, 0.1) is 25.9 Å². The summed E-state index contributed by atoms with van der Waals surface area (Å²) in [5.41, 5.74) is 2.60. The standard InChI is InChI=1S/C13H18N2O4/c1-3-10(8-16)7-11(9-17)15-6-5-12(19-4-2)14-13(15)18/h5-6,11,16-17H,1,4,7-9H2,2H3/t11-/m0/s1. The molecule has 0 radical (unpaired) electrons. The Bertz CT molecular complexity index is 518. The first-order valence-corrected chi connectivity index (χ1v) is 5.97. The van der Waals surface area contributed by atoms with Crippen molar-refractivity contribution in [3.8, 4) is 5.88 Å². The Morgan fingerprint density at radius 2 is 2.37 bits per heavy atom. The third-order valence-electron chi connectivity index (χ3n) is 2.62. The van der Waals surface area contributed by atoms with Crippen molar-refractivity contribution in [2.24, 2.45) is 0 Å². The highest BCUT2D eigenvalue weighted by Crippen LogP contribution is 2.15. The Kier molecular flexibility index (Phi) is 6.02. The monoisotopic (exact) mass is 266 g/mol. The van der Waals surface area contributed by atoms with Crippen LogP contribution in [0.4, 0.5) is 0 Å². The van der Waals surface area contributed by atoms with E-state index in [-0.39, 0.29) is 25.5 Å². The fourth-order valence-corrected chi connectivity index (χ4v) is 1.63. The minimum absolute atomic E-state index is 0.209. The predicted molar refractivity (Wildman–Crippen MR) is 70.1 cm³/mol. The van der Waals surface area contributed by atoms with Gasteiger partial charge in [0.1, 0.15) is 0 Å². The van der Waals surface area contributed by atoms with E-state index in [1.54, 1.807) is 13.0 Å². The van der Waals surface area contributed by atoms with Crippen LogP contribution in [0.5, 0.6) is 5.88 Å². The van der Waals surface area contributed by atoms with Gasteiger partial charge in [0.25, 0.3) is 0 Å². The number of rotatable bonds is 7. The van der Waals surface area contributed by atoms with Crippen LogP contribution in [0, 0.1) is 0 Å². The number of aliphatic hydroxyl groups is 2. The van der Waals surface area contributed by atoms with Gasteiger partial charge in [-0.25, -0.2) is 4.79 Å². The van der Waals surface area contributed by atoms with Gasteiger partial charge in [0, 0.05) is 18.7 Å². The van der Waals surface area contributed by atoms with Gasteiger partial charge in [-0.1, -0.05) is 6.58 Å². The van der Waals surface area contributed by atoms with E-state index in [1.807, 2.05) is 0 Å². The van der Waals surface area contributed by atoms with Crippen molar-refractivity contribution >= 4 is 0 Å². The van der Waals surface area contributed by atoms with Crippen molar-refractivity contribution in [3.63, 3.8) is 0 Å². The van der Waals surface area contributed by atoms with Crippen LogP contribution in [0.2, 0.25) is 0 Å². The quantitative estimate of drug-likeness (QED) is 0.692. The topological polar surface area (TPSA) is 84.6 Å². The van der Waals surface area contributed by atoms with Crippen LogP contribution in [0.25, 0.3) is 0 Å². The van der Waals surface area contributed by atoms with E-state index in [0.717, 1.165) is 0 Å². The Hall–Kier alpha value is -1.88. The fourth-order valence-electron chi connectivity index (χ4n) is 1.63. The highest BCUT2D eigenvalue weighted by atomic mass is 16.5. The highest BCUT2D eigenvalue weighted by Gasteiger charge is 2.14. The largest absolute Gasteiger partial charge is 0.478 e. The molecule has 0 unspecified atom stereocenters. The number of nitrogens with zero attached hydrogens (tertiary/aromatic N) is 2. The van der Waals surface area contributed by atoms with Crippen molar-refractivity contribution in [2.45, 2.75) is 19.4 Å². The van der Waals surface area contributed by atoms with Crippen LogP contribution in [-0.2, 0) is 0 Å². The molecule has 0 aliphatic heterocycles. The number of aliphatic hydroxyl groups excluding tert-OH is 2. The zero-order valence-corrected chi connectivity index (χ0v) is 10.9. The first-order chi connectivity index (χ1) is 9.15. The lowest BCUT2D eigenvalue weighted by Crippen LogP contribution is -2.29. The van der Waals surface area contributed by atoms with E-state index in [0.29, 0.717) is 12.2 Å². The van der Waals surface area contributed by atoms with E-state index in [4.69, 9.17) is 9.84 Å². The average Bonchev–Trinajstić information content (AvgIpc) is 2.42. The maximum absolute atomic E-state index is 11.8. The van der Waals surface area contributed by atoms with Crippen LogP contribution in [0.1, 0.15) is 19.4 Å². The Balaban J connectivity index is 2.99. The zero-order chi connectivity index (χ0) is 14.3. The second kappa shape index (κ2) is 7.53. The van der Waals surface area contributed by atoms with Crippen molar-refractivity contribution in [3.05, 3.63) is 40.6 Å². The molecule has 0 aromatic carbocycles. The van der Waals surface area contributed by atoms with Crippen LogP contribution in [-0.4, -0.2) is 39.6 Å². The molecule has 0 bridgehead atoms. The third-order valence-corrected chi connectivity index (χ3v) is 2.62. The molecule has 6 nitrogen and oxygen atoms in total. The van der Waals surface area contributed by atoms with E-state index in [9.17, 15) is 9.90 Å². The molecule has 1 aromatic rings. The van der Waals surface area contributed by atoms with Gasteiger partial charge in [-0.05, 0) is 12.5 Å². The molecule has 0 saturated carbocycles. The molecule has 6 heteroatoms. The Morgan fingerprint density at radius 1 is 1.63 bits per heavy atom. The number of hydrogen-bond acceptors (Lipinski definition) is 5. The van der Waals surface area contributed by atoms with Crippen molar-refractivity contribution < 1.29 is 14.9 Å². The first kappa shape index (κ1) is 15.2. The molecule has 19 heavy (non-hydrogen) atoms. The molecule has 104 valence electrons. The normalized spacial score (nSPS) is 11.7. The second-order valence-corrected chi connectivity index (χ2v) is 3.87. The zero-order valence-electron chi connectivity index (χ0n) is 10.9. The molecule has 1 aromatic heterocycles. The summed E-state index contributed by atoms with van der Waals surface area (Å²) in [6.07, 6.45) is 1.80. The number of ether oxygens (including phenoxy) is 1. The highest BCUT2D eigenvalue weighted by molar-refractivity contribution is 5.08. The van der Waals surface area contributed by atoms with Crippen LogP contribution in [0.3, 0.4) is 0 Å². The van der Waals surface area contributed by atoms with Crippen LogP contribution in [0.15, 0.2) is 34.9 Å². The van der Waals surface area contributed by atoms with Gasteiger partial charge in [0.15, 0.2) is 0 Å². The summed E-state index contributed by atoms with van der Waals surface area (Å²) in [4.78, 5) is 15.6. The van der Waals surface area contributed by atoms with Crippen molar-refractivity contribution in [2.75, 3.05) is 19.8 Å². The lowest BCUT2D eigenvalue weighted by Gasteiger charge is -2.17. The molecule has 0 saturated heterocycles. The maximum atomic E-state index is 11.8. The summed E-state index contributed by atoms with van der Waals surface area (Å²) >= 11 is 0. The van der Waals surface area contributed by atoms with Gasteiger partial charge < -0.3 is 14.9 Å². The third kappa shape index (κ3) is 4.06. The van der Waals surface area contributed by atoms with E-state index >= 15 is 0 Å². The molecule has 0 aliphatic rings. The molecule has 0 fully saturated rings. The molecular formula is C13H18N2O4. The van der Waals surface area contributed by atoms with Gasteiger partial charge in [0.2, 0.25) is 5.88 Å². The molecule has 0 spiro atoms. The summed E-state index contributed by atoms with van der Waals surface area (Å²) in [5, 5.41) is 18.4. The van der Waals surface area contributed by atoms with Crippen LogP contribution >= 0.6 is 0 Å². The SMILES string of the molecule is C=C=C(CO)C[C@@H](CO)n1ccc(OCC)nc1=O. The van der Waals surface area contributed by atoms with Gasteiger partial charge in [-0.15, -0.1) is 5.73 Å². The van der Waals surface area contributed by atoms with E-state index in [1.165, 1.54) is 10.8 Å². The summed E-state index contributed by atoms with van der Waals surface area (Å²) in [7, 11) is 0. The summed E-state index contributed by atoms with van der Waals surface area (Å²) in [6, 6.07) is 1.05. The Labute approximate surface area is 111 Å². The second-order valence-electron chi connectivity index (χ2n) is 3.87. The maximum Gasteiger partial charge on any atom is 0.351 e. The summed E-state index contributed by atoms with van der Waals surface area (Å²) in [5.74, 6) is 0.252. The Morgan fingerprint density at radius 3 is 2.84 bits per heavy atom. The minimum atomic E-state index is -0.508. The van der Waals surface area contributed by atoms with Crippen LogP contribution < -0.4 is 10.4 Å². The molecule has 2 N–H and O–H groups in total.